The molecule has 0 radical (unpaired) electrons. The Morgan fingerprint density at radius 1 is 1.39 bits per heavy atom. The van der Waals surface area contributed by atoms with Crippen molar-refractivity contribution in [2.75, 3.05) is 13.6 Å². The Hall–Kier alpha value is -0.570. The van der Waals surface area contributed by atoms with E-state index >= 15 is 0 Å². The van der Waals surface area contributed by atoms with E-state index in [2.05, 4.69) is 37.2 Å². The first-order valence-corrected chi connectivity index (χ1v) is 7.16. The zero-order valence-corrected chi connectivity index (χ0v) is 12.2. The summed E-state index contributed by atoms with van der Waals surface area (Å²) in [6, 6.07) is 9.84. The maximum Gasteiger partial charge on any atom is 0.0409 e. The summed E-state index contributed by atoms with van der Waals surface area (Å²) < 4.78 is 0. The van der Waals surface area contributed by atoms with E-state index in [9.17, 15) is 0 Å². The number of benzene rings is 1. The molecule has 0 amide bonds. The third-order valence-electron chi connectivity index (χ3n) is 3.89. The summed E-state index contributed by atoms with van der Waals surface area (Å²) in [7, 11) is 2.23. The Labute approximate surface area is 115 Å². The van der Waals surface area contributed by atoms with Gasteiger partial charge < -0.3 is 5.32 Å². The topological polar surface area (TPSA) is 15.3 Å². The summed E-state index contributed by atoms with van der Waals surface area (Å²) in [6.07, 6.45) is 2.73. The van der Waals surface area contributed by atoms with E-state index < -0.39 is 0 Å². The van der Waals surface area contributed by atoms with Gasteiger partial charge in [-0.1, -0.05) is 23.7 Å². The number of hydrogen-bond donors (Lipinski definition) is 1. The number of likely N-dealkylation sites (N-methyl/N-ethyl adjacent to an activating group) is 1. The molecule has 100 valence electrons. The lowest BCUT2D eigenvalue weighted by molar-refractivity contribution is 0.237. The maximum atomic E-state index is 6.02. The molecular formula is C15H23ClN2. The highest BCUT2D eigenvalue weighted by Gasteiger charge is 2.28. The van der Waals surface area contributed by atoms with Gasteiger partial charge in [-0.2, -0.15) is 0 Å². The van der Waals surface area contributed by atoms with Crippen LogP contribution in [0.1, 0.15) is 38.3 Å². The Kier molecular flexibility index (Phi) is 4.66. The first-order chi connectivity index (χ1) is 8.58. The van der Waals surface area contributed by atoms with Crippen LogP contribution in [-0.4, -0.2) is 30.6 Å². The van der Waals surface area contributed by atoms with Crippen LogP contribution in [0.2, 0.25) is 5.02 Å². The van der Waals surface area contributed by atoms with Crippen molar-refractivity contribution in [2.24, 2.45) is 0 Å². The average Bonchev–Trinajstić information content (AvgIpc) is 3.18. The van der Waals surface area contributed by atoms with Gasteiger partial charge in [-0.25, -0.2) is 0 Å². The zero-order valence-electron chi connectivity index (χ0n) is 11.5. The third kappa shape index (κ3) is 3.71. The average molecular weight is 267 g/mol. The van der Waals surface area contributed by atoms with Gasteiger partial charge in [-0.3, -0.25) is 4.90 Å². The van der Waals surface area contributed by atoms with E-state index in [1.807, 2.05) is 18.2 Å². The van der Waals surface area contributed by atoms with E-state index in [1.165, 1.54) is 18.4 Å². The van der Waals surface area contributed by atoms with Crippen molar-refractivity contribution in [1.82, 2.24) is 10.2 Å². The molecule has 18 heavy (non-hydrogen) atoms. The second-order valence-corrected chi connectivity index (χ2v) is 5.87. The number of hydrogen-bond acceptors (Lipinski definition) is 2. The SMILES string of the molecule is CC(NCC(C)N(C)C1CC1)c1cccc(Cl)c1. The van der Waals surface area contributed by atoms with Crippen LogP contribution in [0.5, 0.6) is 0 Å². The molecule has 2 nitrogen and oxygen atoms in total. The molecule has 1 saturated carbocycles. The standard InChI is InChI=1S/C15H23ClN2/c1-11(18(3)15-7-8-15)10-17-12(2)13-5-4-6-14(16)9-13/h4-6,9,11-12,15,17H,7-8,10H2,1-3H3. The summed E-state index contributed by atoms with van der Waals surface area (Å²) in [6.45, 7) is 5.49. The molecule has 0 saturated heterocycles. The van der Waals surface area contributed by atoms with Gasteiger partial charge in [-0.05, 0) is 51.4 Å². The van der Waals surface area contributed by atoms with Gasteiger partial charge >= 0.3 is 0 Å². The predicted octanol–water partition coefficient (Wildman–Crippen LogP) is 3.47. The molecular weight excluding hydrogens is 244 g/mol. The monoisotopic (exact) mass is 266 g/mol. The Bertz CT molecular complexity index is 390. The highest BCUT2D eigenvalue weighted by molar-refractivity contribution is 6.30. The van der Waals surface area contributed by atoms with Crippen LogP contribution in [0.3, 0.4) is 0 Å². The first kappa shape index (κ1) is 13.9. The van der Waals surface area contributed by atoms with Gasteiger partial charge in [0.25, 0.3) is 0 Å². The molecule has 0 heterocycles. The lowest BCUT2D eigenvalue weighted by Crippen LogP contribution is -2.39. The predicted molar refractivity (Wildman–Crippen MR) is 78.1 cm³/mol. The van der Waals surface area contributed by atoms with Gasteiger partial charge in [0.1, 0.15) is 0 Å². The van der Waals surface area contributed by atoms with Gasteiger partial charge in [0.2, 0.25) is 0 Å². The molecule has 1 N–H and O–H groups in total. The van der Waals surface area contributed by atoms with Crippen molar-refractivity contribution < 1.29 is 0 Å². The summed E-state index contributed by atoms with van der Waals surface area (Å²) in [5, 5.41) is 4.40. The van der Waals surface area contributed by atoms with Crippen LogP contribution in [-0.2, 0) is 0 Å². The van der Waals surface area contributed by atoms with Gasteiger partial charge in [-0.15, -0.1) is 0 Å². The van der Waals surface area contributed by atoms with Crippen molar-refractivity contribution in [1.29, 1.82) is 0 Å². The van der Waals surface area contributed by atoms with Crippen LogP contribution in [0.15, 0.2) is 24.3 Å². The van der Waals surface area contributed by atoms with E-state index in [0.717, 1.165) is 17.6 Å². The molecule has 0 aliphatic heterocycles. The van der Waals surface area contributed by atoms with Crippen molar-refractivity contribution in [3.05, 3.63) is 34.9 Å². The number of halogens is 1. The lowest BCUT2D eigenvalue weighted by Gasteiger charge is -2.26. The highest BCUT2D eigenvalue weighted by Crippen LogP contribution is 2.27. The van der Waals surface area contributed by atoms with Crippen LogP contribution in [0, 0.1) is 0 Å². The molecule has 1 aliphatic carbocycles. The smallest absolute Gasteiger partial charge is 0.0409 e. The van der Waals surface area contributed by atoms with Crippen molar-refractivity contribution >= 4 is 11.6 Å². The van der Waals surface area contributed by atoms with Crippen LogP contribution >= 0.6 is 11.6 Å². The van der Waals surface area contributed by atoms with Crippen LogP contribution in [0.25, 0.3) is 0 Å². The fraction of sp³-hybridized carbons (Fsp3) is 0.600. The fourth-order valence-corrected chi connectivity index (χ4v) is 2.43. The Balaban J connectivity index is 1.82. The van der Waals surface area contributed by atoms with E-state index in [0.29, 0.717) is 12.1 Å². The molecule has 1 aromatic carbocycles. The quantitative estimate of drug-likeness (QED) is 0.848. The molecule has 0 spiro atoms. The zero-order chi connectivity index (χ0) is 13.1. The minimum Gasteiger partial charge on any atom is -0.309 e. The van der Waals surface area contributed by atoms with E-state index in [-0.39, 0.29) is 0 Å². The second-order valence-electron chi connectivity index (χ2n) is 5.43. The largest absolute Gasteiger partial charge is 0.309 e. The molecule has 1 aliphatic rings. The fourth-order valence-electron chi connectivity index (χ4n) is 2.23. The minimum atomic E-state index is 0.346. The molecule has 2 atom stereocenters. The third-order valence-corrected chi connectivity index (χ3v) is 4.12. The Morgan fingerprint density at radius 3 is 2.72 bits per heavy atom. The van der Waals surface area contributed by atoms with Crippen molar-refractivity contribution in [3.63, 3.8) is 0 Å². The number of nitrogens with one attached hydrogen (secondary N) is 1. The van der Waals surface area contributed by atoms with E-state index in [1.54, 1.807) is 0 Å². The van der Waals surface area contributed by atoms with E-state index in [4.69, 9.17) is 11.6 Å². The summed E-state index contributed by atoms with van der Waals surface area (Å²) in [5.74, 6) is 0. The van der Waals surface area contributed by atoms with Gasteiger partial charge in [0.15, 0.2) is 0 Å². The molecule has 1 fully saturated rings. The molecule has 2 rings (SSSR count). The van der Waals surface area contributed by atoms with Crippen molar-refractivity contribution in [3.8, 4) is 0 Å². The maximum absolute atomic E-state index is 6.02. The van der Waals surface area contributed by atoms with Crippen molar-refractivity contribution in [2.45, 2.75) is 44.8 Å². The minimum absolute atomic E-state index is 0.346. The highest BCUT2D eigenvalue weighted by atomic mass is 35.5. The van der Waals surface area contributed by atoms with Gasteiger partial charge in [0.05, 0.1) is 0 Å². The Morgan fingerprint density at radius 2 is 2.11 bits per heavy atom. The lowest BCUT2D eigenvalue weighted by atomic mass is 10.1. The van der Waals surface area contributed by atoms with Crippen LogP contribution < -0.4 is 5.32 Å². The normalized spacial score (nSPS) is 18.9. The molecule has 0 aromatic heterocycles. The molecule has 2 unspecified atom stereocenters. The first-order valence-electron chi connectivity index (χ1n) is 6.78. The summed E-state index contributed by atoms with van der Waals surface area (Å²) in [4.78, 5) is 2.48. The number of rotatable bonds is 6. The summed E-state index contributed by atoms with van der Waals surface area (Å²) in [5.41, 5.74) is 1.25. The van der Waals surface area contributed by atoms with Gasteiger partial charge in [0, 0.05) is 29.7 Å². The number of nitrogens with zero attached hydrogens (tertiary/aromatic N) is 1. The molecule has 3 heteroatoms. The molecule has 1 aromatic rings. The second kappa shape index (κ2) is 6.05. The molecule has 0 bridgehead atoms. The summed E-state index contributed by atoms with van der Waals surface area (Å²) >= 11 is 6.02. The van der Waals surface area contributed by atoms with Crippen LogP contribution in [0.4, 0.5) is 0 Å².